The quantitative estimate of drug-likeness (QED) is 0.482. The number of aryl methyl sites for hydroxylation is 1. The Kier molecular flexibility index (Phi) is 5.39. The average Bonchev–Trinajstić information content (AvgIpc) is 2.81. The molecule has 6 heteroatoms. The number of hydrogen-bond acceptors (Lipinski definition) is 3. The molecule has 1 aromatic heterocycles. The van der Waals surface area contributed by atoms with E-state index >= 15 is 0 Å². The molecular formula is C24H22N3O2P. The molecule has 0 aliphatic carbocycles. The van der Waals surface area contributed by atoms with E-state index in [9.17, 15) is 9.59 Å². The van der Waals surface area contributed by atoms with Crippen molar-refractivity contribution in [2.45, 2.75) is 0 Å². The molecule has 0 spiro atoms. The lowest BCUT2D eigenvalue weighted by atomic mass is 10.4. The standard InChI is InChI=1S/C24H22N3O2P/c1-26-18-22(23(28)27(2)24(26)29)25-30(19-12-6-3-7-13-19,20-14-8-4-9-15-20)21-16-10-5-11-17-21/h3-18H,1-2H3. The van der Waals surface area contributed by atoms with Crippen molar-refractivity contribution in [3.8, 4) is 0 Å². The van der Waals surface area contributed by atoms with Gasteiger partial charge in [0.15, 0.2) is 0 Å². The highest BCUT2D eigenvalue weighted by Crippen LogP contribution is 2.48. The summed E-state index contributed by atoms with van der Waals surface area (Å²) < 4.78 is 7.69. The molecule has 0 N–H and O–H groups in total. The molecule has 1 heterocycles. The van der Waals surface area contributed by atoms with Gasteiger partial charge in [0.1, 0.15) is 5.69 Å². The molecule has 30 heavy (non-hydrogen) atoms. The summed E-state index contributed by atoms with van der Waals surface area (Å²) >= 11 is 0. The van der Waals surface area contributed by atoms with Gasteiger partial charge in [-0.3, -0.25) is 9.36 Å². The molecule has 0 atom stereocenters. The van der Waals surface area contributed by atoms with Crippen molar-refractivity contribution in [1.82, 2.24) is 9.13 Å². The Morgan fingerprint density at radius 3 is 1.47 bits per heavy atom. The summed E-state index contributed by atoms with van der Waals surface area (Å²) in [4.78, 5) is 25.2. The minimum atomic E-state index is -2.56. The van der Waals surface area contributed by atoms with Gasteiger partial charge in [0.05, 0.1) is 7.05 Å². The summed E-state index contributed by atoms with van der Waals surface area (Å²) in [7, 11) is 0.556. The van der Waals surface area contributed by atoms with Gasteiger partial charge in [0.2, 0.25) is 0 Å². The summed E-state index contributed by atoms with van der Waals surface area (Å²) in [5.41, 5.74) is -0.503. The lowest BCUT2D eigenvalue weighted by molar-refractivity contribution is 0.687. The van der Waals surface area contributed by atoms with E-state index in [1.54, 1.807) is 7.05 Å². The molecule has 0 aliphatic rings. The first-order valence-electron chi connectivity index (χ1n) is 9.60. The maximum absolute atomic E-state index is 13.0. The lowest BCUT2D eigenvalue weighted by Crippen LogP contribution is -2.36. The van der Waals surface area contributed by atoms with Crippen LogP contribution in [0.2, 0.25) is 0 Å². The molecule has 0 aliphatic heterocycles. The molecule has 0 saturated carbocycles. The van der Waals surface area contributed by atoms with Gasteiger partial charge in [-0.2, -0.15) is 0 Å². The Bertz CT molecular complexity index is 1240. The van der Waals surface area contributed by atoms with Gasteiger partial charge in [0, 0.05) is 36.2 Å². The SMILES string of the molecule is Cn1cc(N=P(c2ccccc2)(c2ccccc2)c2ccccc2)c(=O)n(C)c1=O. The van der Waals surface area contributed by atoms with Gasteiger partial charge in [-0.15, -0.1) is 0 Å². The Balaban J connectivity index is 2.21. The van der Waals surface area contributed by atoms with E-state index in [2.05, 4.69) is 36.4 Å². The third-order valence-corrected chi connectivity index (χ3v) is 8.73. The van der Waals surface area contributed by atoms with Crippen LogP contribution in [0.1, 0.15) is 0 Å². The Hall–Kier alpha value is -3.43. The molecule has 3 aromatic carbocycles. The van der Waals surface area contributed by atoms with Crippen molar-refractivity contribution in [2.24, 2.45) is 18.8 Å². The van der Waals surface area contributed by atoms with Crippen LogP contribution < -0.4 is 27.2 Å². The smallest absolute Gasteiger partial charge is 0.301 e. The van der Waals surface area contributed by atoms with Crippen LogP contribution in [0.15, 0.2) is 112 Å². The average molecular weight is 415 g/mol. The molecule has 4 aromatic rings. The fourth-order valence-corrected chi connectivity index (χ4v) is 7.08. The van der Waals surface area contributed by atoms with E-state index in [4.69, 9.17) is 4.74 Å². The summed E-state index contributed by atoms with van der Waals surface area (Å²) in [6.07, 6.45) is 1.54. The Labute approximate surface area is 175 Å². The second-order valence-corrected chi connectivity index (χ2v) is 10.0. The van der Waals surface area contributed by atoms with Gasteiger partial charge < -0.3 is 4.57 Å². The molecule has 0 amide bonds. The molecule has 0 fully saturated rings. The van der Waals surface area contributed by atoms with Gasteiger partial charge >= 0.3 is 5.69 Å². The zero-order valence-electron chi connectivity index (χ0n) is 16.8. The summed E-state index contributed by atoms with van der Waals surface area (Å²) in [5.74, 6) is 0. The topological polar surface area (TPSA) is 56.4 Å². The zero-order valence-corrected chi connectivity index (χ0v) is 17.7. The number of hydrogen-bond donors (Lipinski definition) is 0. The maximum atomic E-state index is 13.0. The monoisotopic (exact) mass is 415 g/mol. The van der Waals surface area contributed by atoms with Gasteiger partial charge in [-0.25, -0.2) is 9.54 Å². The highest BCUT2D eigenvalue weighted by Gasteiger charge is 2.28. The van der Waals surface area contributed by atoms with Crippen LogP contribution in [-0.4, -0.2) is 9.13 Å². The number of nitrogens with zero attached hydrogens (tertiary/aromatic N) is 3. The van der Waals surface area contributed by atoms with Gasteiger partial charge in [-0.1, -0.05) is 91.0 Å². The van der Waals surface area contributed by atoms with Crippen molar-refractivity contribution >= 4 is 28.7 Å². The highest BCUT2D eigenvalue weighted by molar-refractivity contribution is 7.87. The fraction of sp³-hybridized carbons (Fsp3) is 0.0833. The van der Waals surface area contributed by atoms with Crippen LogP contribution in [-0.2, 0) is 14.1 Å². The van der Waals surface area contributed by atoms with Gasteiger partial charge in [0.25, 0.3) is 5.56 Å². The van der Waals surface area contributed by atoms with Crippen molar-refractivity contribution in [3.63, 3.8) is 0 Å². The third kappa shape index (κ3) is 3.38. The van der Waals surface area contributed by atoms with Crippen molar-refractivity contribution in [2.75, 3.05) is 0 Å². The van der Waals surface area contributed by atoms with Crippen LogP contribution >= 0.6 is 7.05 Å². The fourth-order valence-electron chi connectivity index (χ4n) is 3.57. The second-order valence-electron chi connectivity index (χ2n) is 7.01. The molecule has 150 valence electrons. The first-order chi connectivity index (χ1) is 14.5. The molecule has 0 unspecified atom stereocenters. The summed E-state index contributed by atoms with van der Waals surface area (Å²) in [6, 6.07) is 30.2. The maximum Gasteiger partial charge on any atom is 0.330 e. The molecule has 0 saturated heterocycles. The highest BCUT2D eigenvalue weighted by atomic mass is 31.2. The van der Waals surface area contributed by atoms with Crippen LogP contribution in [0.4, 0.5) is 5.69 Å². The van der Waals surface area contributed by atoms with Crippen LogP contribution in [0.3, 0.4) is 0 Å². The van der Waals surface area contributed by atoms with Crippen molar-refractivity contribution in [3.05, 3.63) is 118 Å². The molecule has 5 nitrogen and oxygen atoms in total. The first-order valence-corrected chi connectivity index (χ1v) is 11.3. The van der Waals surface area contributed by atoms with E-state index in [0.29, 0.717) is 0 Å². The Morgan fingerprint density at radius 2 is 1.07 bits per heavy atom. The molecule has 4 rings (SSSR count). The van der Waals surface area contributed by atoms with Crippen LogP contribution in [0, 0.1) is 0 Å². The lowest BCUT2D eigenvalue weighted by Gasteiger charge is -2.26. The number of rotatable bonds is 4. The van der Waals surface area contributed by atoms with Crippen LogP contribution in [0.25, 0.3) is 0 Å². The second kappa shape index (κ2) is 8.13. The largest absolute Gasteiger partial charge is 0.330 e. The molecule has 0 bridgehead atoms. The number of aromatic nitrogens is 2. The van der Waals surface area contributed by atoms with Crippen molar-refractivity contribution < 1.29 is 0 Å². The molecule has 0 radical (unpaired) electrons. The van der Waals surface area contributed by atoms with E-state index in [1.807, 2.05) is 54.6 Å². The van der Waals surface area contributed by atoms with E-state index in [-0.39, 0.29) is 11.4 Å². The minimum absolute atomic E-state index is 0.268. The van der Waals surface area contributed by atoms with Gasteiger partial charge in [-0.05, 0) is 0 Å². The summed E-state index contributed by atoms with van der Waals surface area (Å²) in [6.45, 7) is 0. The van der Waals surface area contributed by atoms with Crippen molar-refractivity contribution in [1.29, 1.82) is 0 Å². The van der Waals surface area contributed by atoms with E-state index < -0.39 is 12.6 Å². The first kappa shape index (κ1) is 19.9. The normalized spacial score (nSPS) is 11.3. The van der Waals surface area contributed by atoms with Crippen LogP contribution in [0.5, 0.6) is 0 Å². The predicted molar refractivity (Wildman–Crippen MR) is 124 cm³/mol. The van der Waals surface area contributed by atoms with E-state index in [1.165, 1.54) is 17.8 Å². The van der Waals surface area contributed by atoms with E-state index in [0.717, 1.165) is 20.5 Å². The predicted octanol–water partition coefficient (Wildman–Crippen LogP) is 2.89. The summed E-state index contributed by atoms with van der Waals surface area (Å²) in [5, 5.41) is 3.12. The third-order valence-electron chi connectivity index (χ3n) is 5.08. The molecular weight excluding hydrogens is 393 g/mol. The minimum Gasteiger partial charge on any atom is -0.301 e. The number of benzene rings is 3. The Morgan fingerprint density at radius 1 is 0.667 bits per heavy atom. The zero-order chi connectivity index (χ0) is 21.1.